The lowest BCUT2D eigenvalue weighted by Crippen LogP contribution is -2.39. The monoisotopic (exact) mass is 408 g/mol. The molecule has 1 aliphatic rings. The number of phenols is 1. The SMILES string of the molecule is CCc1c(Cl)nc(C)nc1N1CCC(C(=O)Nc2cc(Cl)ccc2O)CC1. The summed E-state index contributed by atoms with van der Waals surface area (Å²) in [6.45, 7) is 5.27. The summed E-state index contributed by atoms with van der Waals surface area (Å²) >= 11 is 12.2. The van der Waals surface area contributed by atoms with Crippen LogP contribution < -0.4 is 10.2 Å². The fourth-order valence-corrected chi connectivity index (χ4v) is 3.82. The number of aromatic hydroxyl groups is 1. The zero-order chi connectivity index (χ0) is 19.6. The molecule has 1 amide bonds. The molecule has 0 saturated carbocycles. The molecule has 0 unspecified atom stereocenters. The number of halogens is 2. The van der Waals surface area contributed by atoms with Crippen LogP contribution in [-0.2, 0) is 11.2 Å². The minimum absolute atomic E-state index is 0.00359. The van der Waals surface area contributed by atoms with Crippen molar-refractivity contribution in [3.63, 3.8) is 0 Å². The van der Waals surface area contributed by atoms with E-state index in [-0.39, 0.29) is 17.6 Å². The first-order valence-corrected chi connectivity index (χ1v) is 9.72. The Morgan fingerprint density at radius 3 is 2.67 bits per heavy atom. The van der Waals surface area contributed by atoms with Crippen LogP contribution in [-0.4, -0.2) is 34.1 Å². The zero-order valence-electron chi connectivity index (χ0n) is 15.3. The summed E-state index contributed by atoms with van der Waals surface area (Å²) in [4.78, 5) is 23.5. The van der Waals surface area contributed by atoms with Crippen molar-refractivity contribution >= 4 is 40.6 Å². The Kier molecular flexibility index (Phi) is 6.07. The molecule has 1 saturated heterocycles. The molecule has 0 spiro atoms. The maximum absolute atomic E-state index is 12.6. The van der Waals surface area contributed by atoms with E-state index in [1.165, 1.54) is 6.07 Å². The molecule has 0 bridgehead atoms. The topological polar surface area (TPSA) is 78.4 Å². The maximum atomic E-state index is 12.6. The number of amides is 1. The predicted octanol–water partition coefficient (Wildman–Crippen LogP) is 4.21. The van der Waals surface area contributed by atoms with Crippen LogP contribution in [0, 0.1) is 12.8 Å². The van der Waals surface area contributed by atoms with Crippen LogP contribution >= 0.6 is 23.2 Å². The largest absolute Gasteiger partial charge is 0.506 e. The summed E-state index contributed by atoms with van der Waals surface area (Å²) in [5, 5.41) is 13.6. The quantitative estimate of drug-likeness (QED) is 0.584. The molecule has 6 nitrogen and oxygen atoms in total. The van der Waals surface area contributed by atoms with Gasteiger partial charge in [-0.3, -0.25) is 4.79 Å². The number of aromatic nitrogens is 2. The number of hydrogen-bond donors (Lipinski definition) is 2. The summed E-state index contributed by atoms with van der Waals surface area (Å²) in [6.07, 6.45) is 2.14. The molecule has 1 aliphatic heterocycles. The fourth-order valence-electron chi connectivity index (χ4n) is 3.31. The fraction of sp³-hybridized carbons (Fsp3) is 0.421. The third-order valence-electron chi connectivity index (χ3n) is 4.78. The summed E-state index contributed by atoms with van der Waals surface area (Å²) in [5.74, 6) is 1.26. The molecule has 0 aliphatic carbocycles. The Labute approximate surface area is 168 Å². The Morgan fingerprint density at radius 1 is 1.30 bits per heavy atom. The predicted molar refractivity (Wildman–Crippen MR) is 108 cm³/mol. The Bertz CT molecular complexity index is 852. The summed E-state index contributed by atoms with van der Waals surface area (Å²) < 4.78 is 0. The highest BCUT2D eigenvalue weighted by molar-refractivity contribution is 6.31. The number of hydrogen-bond acceptors (Lipinski definition) is 5. The van der Waals surface area contributed by atoms with Gasteiger partial charge in [0.05, 0.1) is 5.69 Å². The molecule has 144 valence electrons. The van der Waals surface area contributed by atoms with Gasteiger partial charge in [0.1, 0.15) is 22.5 Å². The molecule has 27 heavy (non-hydrogen) atoms. The number of benzene rings is 1. The van der Waals surface area contributed by atoms with Crippen LogP contribution in [0.25, 0.3) is 0 Å². The smallest absolute Gasteiger partial charge is 0.227 e. The molecule has 8 heteroatoms. The van der Waals surface area contributed by atoms with Crippen molar-refractivity contribution in [3.8, 4) is 5.75 Å². The van der Waals surface area contributed by atoms with Gasteiger partial charge in [-0.2, -0.15) is 0 Å². The number of carbonyl (C=O) groups excluding carboxylic acids is 1. The molecular weight excluding hydrogens is 387 g/mol. The highest BCUT2D eigenvalue weighted by Gasteiger charge is 2.28. The van der Waals surface area contributed by atoms with E-state index < -0.39 is 0 Å². The van der Waals surface area contributed by atoms with Gasteiger partial charge in [0, 0.05) is 29.6 Å². The van der Waals surface area contributed by atoms with E-state index in [1.807, 2.05) is 13.8 Å². The molecule has 2 N–H and O–H groups in total. The lowest BCUT2D eigenvalue weighted by Gasteiger charge is -2.33. The average Bonchev–Trinajstić information content (AvgIpc) is 2.64. The van der Waals surface area contributed by atoms with Crippen molar-refractivity contribution in [1.29, 1.82) is 0 Å². The second-order valence-electron chi connectivity index (χ2n) is 6.63. The van der Waals surface area contributed by atoms with Crippen LogP contribution in [0.3, 0.4) is 0 Å². The van der Waals surface area contributed by atoms with Crippen LogP contribution in [0.2, 0.25) is 10.2 Å². The maximum Gasteiger partial charge on any atom is 0.227 e. The van der Waals surface area contributed by atoms with E-state index >= 15 is 0 Å². The highest BCUT2D eigenvalue weighted by Crippen LogP contribution is 2.31. The van der Waals surface area contributed by atoms with Crippen LogP contribution in [0.1, 0.15) is 31.2 Å². The molecule has 1 aromatic heterocycles. The first-order chi connectivity index (χ1) is 12.9. The second kappa shape index (κ2) is 8.31. The number of nitrogens with zero attached hydrogens (tertiary/aromatic N) is 3. The third-order valence-corrected chi connectivity index (χ3v) is 5.33. The number of nitrogens with one attached hydrogen (secondary N) is 1. The number of phenolic OH excluding ortho intramolecular Hbond substituents is 1. The molecule has 1 fully saturated rings. The van der Waals surface area contributed by atoms with E-state index in [2.05, 4.69) is 20.2 Å². The van der Waals surface area contributed by atoms with Gasteiger partial charge in [0.15, 0.2) is 0 Å². The van der Waals surface area contributed by atoms with Gasteiger partial charge in [0.2, 0.25) is 5.91 Å². The van der Waals surface area contributed by atoms with E-state index in [4.69, 9.17) is 23.2 Å². The zero-order valence-corrected chi connectivity index (χ0v) is 16.8. The lowest BCUT2D eigenvalue weighted by atomic mass is 9.95. The molecule has 0 atom stereocenters. The number of anilines is 2. The number of piperidine rings is 1. The third kappa shape index (κ3) is 4.45. The molecule has 0 radical (unpaired) electrons. The molecule has 2 heterocycles. The van der Waals surface area contributed by atoms with Crippen LogP contribution in [0.4, 0.5) is 11.5 Å². The van der Waals surface area contributed by atoms with Gasteiger partial charge in [-0.05, 0) is 44.4 Å². The Hall–Kier alpha value is -2.05. The van der Waals surface area contributed by atoms with Crippen molar-refractivity contribution < 1.29 is 9.90 Å². The molecule has 3 rings (SSSR count). The average molecular weight is 409 g/mol. The lowest BCUT2D eigenvalue weighted by molar-refractivity contribution is -0.120. The van der Waals surface area contributed by atoms with Gasteiger partial charge in [-0.25, -0.2) is 9.97 Å². The molecular formula is C19H22Cl2N4O2. The molecule has 2 aromatic rings. The van der Waals surface area contributed by atoms with Crippen molar-refractivity contribution in [2.75, 3.05) is 23.3 Å². The van der Waals surface area contributed by atoms with E-state index in [1.54, 1.807) is 12.1 Å². The van der Waals surface area contributed by atoms with E-state index in [0.29, 0.717) is 47.6 Å². The second-order valence-corrected chi connectivity index (χ2v) is 7.42. The van der Waals surface area contributed by atoms with Crippen LogP contribution in [0.5, 0.6) is 5.75 Å². The minimum Gasteiger partial charge on any atom is -0.506 e. The van der Waals surface area contributed by atoms with Crippen molar-refractivity contribution in [2.45, 2.75) is 33.1 Å². The van der Waals surface area contributed by atoms with Gasteiger partial charge in [-0.15, -0.1) is 0 Å². The van der Waals surface area contributed by atoms with Crippen molar-refractivity contribution in [2.24, 2.45) is 5.92 Å². The van der Waals surface area contributed by atoms with E-state index in [0.717, 1.165) is 17.8 Å². The first kappa shape index (κ1) is 19.7. The summed E-state index contributed by atoms with van der Waals surface area (Å²) in [7, 11) is 0. The number of aryl methyl sites for hydroxylation is 1. The van der Waals surface area contributed by atoms with Crippen LogP contribution in [0.15, 0.2) is 18.2 Å². The number of rotatable bonds is 4. The minimum atomic E-state index is -0.136. The van der Waals surface area contributed by atoms with E-state index in [9.17, 15) is 9.90 Å². The van der Waals surface area contributed by atoms with Gasteiger partial charge in [-0.1, -0.05) is 30.1 Å². The van der Waals surface area contributed by atoms with Gasteiger partial charge in [0.25, 0.3) is 0 Å². The molecule has 1 aromatic carbocycles. The van der Waals surface area contributed by atoms with Crippen molar-refractivity contribution in [3.05, 3.63) is 39.8 Å². The van der Waals surface area contributed by atoms with Crippen molar-refractivity contribution in [1.82, 2.24) is 9.97 Å². The number of carbonyl (C=O) groups is 1. The Balaban J connectivity index is 1.67. The summed E-state index contributed by atoms with van der Waals surface area (Å²) in [6, 6.07) is 4.59. The van der Waals surface area contributed by atoms with Gasteiger partial charge >= 0.3 is 0 Å². The normalized spacial score (nSPS) is 15.0. The van der Waals surface area contributed by atoms with Gasteiger partial charge < -0.3 is 15.3 Å². The summed E-state index contributed by atoms with van der Waals surface area (Å²) in [5.41, 5.74) is 1.27. The standard InChI is InChI=1S/C19H22Cl2N4O2/c1-3-14-17(21)22-11(2)23-18(14)25-8-6-12(7-9-25)19(27)24-15-10-13(20)4-5-16(15)26/h4-5,10,12,26H,3,6-9H2,1-2H3,(H,24,27). The first-order valence-electron chi connectivity index (χ1n) is 8.96. The highest BCUT2D eigenvalue weighted by atomic mass is 35.5. The Morgan fingerprint density at radius 2 is 2.00 bits per heavy atom.